The lowest BCUT2D eigenvalue weighted by molar-refractivity contribution is 0.0953. The molecule has 2 heterocycles. The van der Waals surface area contributed by atoms with Crippen molar-refractivity contribution in [2.45, 2.75) is 51.0 Å². The largest absolute Gasteiger partial charge is 0.352 e. The summed E-state index contributed by atoms with van der Waals surface area (Å²) < 4.78 is 1.92. The van der Waals surface area contributed by atoms with Crippen LogP contribution >= 0.6 is 0 Å². The number of fused-ring (bicyclic) bond motifs is 1. The smallest absolute Gasteiger partial charge is 0.252 e. The highest BCUT2D eigenvalue weighted by Crippen LogP contribution is 2.47. The van der Waals surface area contributed by atoms with Crippen molar-refractivity contribution in [1.29, 1.82) is 0 Å². The maximum absolute atomic E-state index is 13.0. The molecule has 3 aromatic rings. The minimum Gasteiger partial charge on any atom is -0.352 e. The van der Waals surface area contributed by atoms with Crippen molar-refractivity contribution in [3.05, 3.63) is 59.4 Å². The van der Waals surface area contributed by atoms with E-state index in [1.54, 1.807) is 6.20 Å². The standard InChI is InChI=1S/C23H26N4O/c1-14(2)27-22-20(13-25-27)19(11-21(26-22)16-8-9-16)23(28)24-12-17-10-18(17)15-6-4-3-5-7-15/h3-7,11,13-14,16-18H,8-10,12H2,1-2H3,(H,24,28). The van der Waals surface area contributed by atoms with Gasteiger partial charge in [0.1, 0.15) is 0 Å². The molecule has 2 aromatic heterocycles. The Kier molecular flexibility index (Phi) is 4.18. The predicted molar refractivity (Wildman–Crippen MR) is 110 cm³/mol. The Bertz CT molecular complexity index is 1020. The van der Waals surface area contributed by atoms with E-state index in [0.29, 0.717) is 17.8 Å². The van der Waals surface area contributed by atoms with E-state index in [1.807, 2.05) is 16.8 Å². The third-order valence-electron chi connectivity index (χ3n) is 5.99. The number of nitrogens with zero attached hydrogens (tertiary/aromatic N) is 3. The zero-order valence-electron chi connectivity index (χ0n) is 16.4. The highest BCUT2D eigenvalue weighted by atomic mass is 16.1. The number of nitrogens with one attached hydrogen (secondary N) is 1. The minimum absolute atomic E-state index is 0.00341. The molecule has 5 nitrogen and oxygen atoms in total. The Morgan fingerprint density at radius 2 is 2.04 bits per heavy atom. The van der Waals surface area contributed by atoms with E-state index in [0.717, 1.165) is 48.1 Å². The molecular formula is C23H26N4O. The van der Waals surface area contributed by atoms with Crippen molar-refractivity contribution >= 4 is 16.9 Å². The molecule has 0 bridgehead atoms. The van der Waals surface area contributed by atoms with Crippen LogP contribution in [0.1, 0.15) is 72.6 Å². The van der Waals surface area contributed by atoms with E-state index in [2.05, 4.69) is 48.5 Å². The summed E-state index contributed by atoms with van der Waals surface area (Å²) in [5.74, 6) is 1.60. The molecule has 0 radical (unpaired) electrons. The van der Waals surface area contributed by atoms with Crippen LogP contribution in [0.3, 0.4) is 0 Å². The van der Waals surface area contributed by atoms with Gasteiger partial charge in [-0.15, -0.1) is 0 Å². The van der Waals surface area contributed by atoms with Crippen LogP contribution in [0.15, 0.2) is 42.6 Å². The molecule has 28 heavy (non-hydrogen) atoms. The van der Waals surface area contributed by atoms with Gasteiger partial charge in [0, 0.05) is 24.2 Å². The number of hydrogen-bond acceptors (Lipinski definition) is 3. The minimum atomic E-state index is -0.00341. The molecule has 1 amide bonds. The highest BCUT2D eigenvalue weighted by Gasteiger charge is 2.38. The van der Waals surface area contributed by atoms with Gasteiger partial charge >= 0.3 is 0 Å². The number of carbonyl (C=O) groups excluding carboxylic acids is 1. The summed E-state index contributed by atoms with van der Waals surface area (Å²) in [7, 11) is 0. The van der Waals surface area contributed by atoms with Crippen LogP contribution in [0.4, 0.5) is 0 Å². The molecule has 2 unspecified atom stereocenters. The van der Waals surface area contributed by atoms with Crippen molar-refractivity contribution in [2.75, 3.05) is 6.54 Å². The number of carbonyl (C=O) groups is 1. The van der Waals surface area contributed by atoms with Gasteiger partial charge in [-0.3, -0.25) is 4.79 Å². The fraction of sp³-hybridized carbons (Fsp3) is 0.435. The van der Waals surface area contributed by atoms with Crippen molar-refractivity contribution in [1.82, 2.24) is 20.1 Å². The van der Waals surface area contributed by atoms with Gasteiger partial charge in [0.05, 0.1) is 17.1 Å². The maximum Gasteiger partial charge on any atom is 0.252 e. The van der Waals surface area contributed by atoms with Gasteiger partial charge < -0.3 is 5.32 Å². The van der Waals surface area contributed by atoms with E-state index in [1.165, 1.54) is 5.56 Å². The second-order valence-corrected chi connectivity index (χ2v) is 8.51. The van der Waals surface area contributed by atoms with Crippen LogP contribution < -0.4 is 5.32 Å². The summed E-state index contributed by atoms with van der Waals surface area (Å²) in [5, 5.41) is 8.52. The molecule has 0 spiro atoms. The van der Waals surface area contributed by atoms with Gasteiger partial charge in [-0.25, -0.2) is 9.67 Å². The zero-order valence-corrected chi connectivity index (χ0v) is 16.4. The van der Waals surface area contributed by atoms with Gasteiger partial charge in [-0.05, 0) is 56.6 Å². The van der Waals surface area contributed by atoms with Gasteiger partial charge in [-0.2, -0.15) is 5.10 Å². The van der Waals surface area contributed by atoms with Crippen LogP contribution in [0, 0.1) is 5.92 Å². The number of pyridine rings is 1. The van der Waals surface area contributed by atoms with Gasteiger partial charge in [0.25, 0.3) is 5.91 Å². The molecule has 5 heteroatoms. The summed E-state index contributed by atoms with van der Waals surface area (Å²) in [5.41, 5.74) is 3.96. The summed E-state index contributed by atoms with van der Waals surface area (Å²) in [4.78, 5) is 17.9. The average Bonchev–Trinajstić information content (AvgIpc) is 3.63. The quantitative estimate of drug-likeness (QED) is 0.695. The number of rotatable bonds is 6. The lowest BCUT2D eigenvalue weighted by Crippen LogP contribution is -2.26. The summed E-state index contributed by atoms with van der Waals surface area (Å²) >= 11 is 0. The van der Waals surface area contributed by atoms with Crippen molar-refractivity contribution in [3.8, 4) is 0 Å². The summed E-state index contributed by atoms with van der Waals surface area (Å²) in [6, 6.07) is 12.8. The van der Waals surface area contributed by atoms with Crippen LogP contribution in [0.2, 0.25) is 0 Å². The highest BCUT2D eigenvalue weighted by molar-refractivity contribution is 6.05. The molecule has 144 valence electrons. The first-order chi connectivity index (χ1) is 13.6. The van der Waals surface area contributed by atoms with Gasteiger partial charge in [0.2, 0.25) is 0 Å². The van der Waals surface area contributed by atoms with Gasteiger partial charge in [0.15, 0.2) is 5.65 Å². The second-order valence-electron chi connectivity index (χ2n) is 8.51. The molecule has 1 N–H and O–H groups in total. The number of benzene rings is 1. The second kappa shape index (κ2) is 6.73. The van der Waals surface area contributed by atoms with E-state index in [4.69, 9.17) is 4.98 Å². The molecule has 2 aliphatic carbocycles. The SMILES string of the molecule is CC(C)n1ncc2c(C(=O)NCC3CC3c3ccccc3)cc(C3CC3)nc21. The fourth-order valence-corrected chi connectivity index (χ4v) is 4.09. The molecule has 2 atom stereocenters. The predicted octanol–water partition coefficient (Wildman–Crippen LogP) is 4.42. The lowest BCUT2D eigenvalue weighted by atomic mass is 10.1. The maximum atomic E-state index is 13.0. The summed E-state index contributed by atoms with van der Waals surface area (Å²) in [6.07, 6.45) is 5.26. The Balaban J connectivity index is 1.36. The third-order valence-corrected chi connectivity index (χ3v) is 5.99. The lowest BCUT2D eigenvalue weighted by Gasteiger charge is -2.11. The molecule has 1 aromatic carbocycles. The average molecular weight is 374 g/mol. The molecule has 2 saturated carbocycles. The Morgan fingerprint density at radius 1 is 1.25 bits per heavy atom. The topological polar surface area (TPSA) is 59.8 Å². The van der Waals surface area contributed by atoms with Crippen LogP contribution in [-0.2, 0) is 0 Å². The van der Waals surface area contributed by atoms with E-state index in [9.17, 15) is 4.79 Å². The monoisotopic (exact) mass is 374 g/mol. The molecule has 2 aliphatic rings. The third kappa shape index (κ3) is 3.19. The fourth-order valence-electron chi connectivity index (χ4n) is 4.09. The van der Waals surface area contributed by atoms with E-state index in [-0.39, 0.29) is 11.9 Å². The Labute approximate surface area is 165 Å². The van der Waals surface area contributed by atoms with Crippen LogP contribution in [-0.4, -0.2) is 27.2 Å². The normalized spacial score (nSPS) is 21.2. The Hall–Kier alpha value is -2.69. The zero-order chi connectivity index (χ0) is 19.3. The number of amides is 1. The van der Waals surface area contributed by atoms with Crippen LogP contribution in [0.25, 0.3) is 11.0 Å². The van der Waals surface area contributed by atoms with E-state index >= 15 is 0 Å². The van der Waals surface area contributed by atoms with Crippen LogP contribution in [0.5, 0.6) is 0 Å². The van der Waals surface area contributed by atoms with Crippen molar-refractivity contribution in [3.63, 3.8) is 0 Å². The molecule has 0 saturated heterocycles. The van der Waals surface area contributed by atoms with Crippen molar-refractivity contribution < 1.29 is 4.79 Å². The molecular weight excluding hydrogens is 348 g/mol. The number of aromatic nitrogens is 3. The Morgan fingerprint density at radius 3 is 2.75 bits per heavy atom. The van der Waals surface area contributed by atoms with Crippen molar-refractivity contribution in [2.24, 2.45) is 5.92 Å². The van der Waals surface area contributed by atoms with Gasteiger partial charge in [-0.1, -0.05) is 30.3 Å². The summed E-state index contributed by atoms with van der Waals surface area (Å²) in [6.45, 7) is 4.91. The van der Waals surface area contributed by atoms with E-state index < -0.39 is 0 Å². The first kappa shape index (κ1) is 17.4. The molecule has 0 aliphatic heterocycles. The molecule has 2 fully saturated rings. The number of hydrogen-bond donors (Lipinski definition) is 1. The first-order valence-electron chi connectivity index (χ1n) is 10.3. The first-order valence-corrected chi connectivity index (χ1v) is 10.3. The molecule has 5 rings (SSSR count).